The van der Waals surface area contributed by atoms with E-state index in [0.29, 0.717) is 38.0 Å². The van der Waals surface area contributed by atoms with Gasteiger partial charge in [0.05, 0.1) is 11.7 Å². The first-order chi connectivity index (χ1) is 16.6. The molecule has 0 aromatic rings. The number of carbonyl (C=O) groups excluding carboxylic acids is 2. The second-order valence-corrected chi connectivity index (χ2v) is 13.0. The Kier molecular flexibility index (Phi) is 5.57. The molecule has 194 valence electrons. The molecule has 1 saturated heterocycles. The summed E-state index contributed by atoms with van der Waals surface area (Å²) in [6, 6.07) is 0. The second-order valence-electron chi connectivity index (χ2n) is 13.0. The normalized spacial score (nSPS) is 49.1. The van der Waals surface area contributed by atoms with Crippen LogP contribution in [0.2, 0.25) is 0 Å². The van der Waals surface area contributed by atoms with E-state index >= 15 is 0 Å². The Labute approximate surface area is 208 Å². The van der Waals surface area contributed by atoms with E-state index in [1.807, 2.05) is 0 Å². The molecule has 9 atom stereocenters. The average molecular weight is 488 g/mol. The van der Waals surface area contributed by atoms with Crippen molar-refractivity contribution in [2.24, 2.45) is 34.5 Å². The van der Waals surface area contributed by atoms with E-state index in [1.165, 1.54) is 0 Å². The Morgan fingerprint density at radius 3 is 2.63 bits per heavy atom. The lowest BCUT2D eigenvalue weighted by Crippen LogP contribution is -2.62. The third-order valence-electron chi connectivity index (χ3n) is 11.6. The van der Waals surface area contributed by atoms with Crippen LogP contribution < -0.4 is 0 Å². The first kappa shape index (κ1) is 23.8. The monoisotopic (exact) mass is 487 g/mol. The number of β-amino-alcohol motifs (C(OH)–C–C–N with tert-alkyl or cyclic N) is 1. The summed E-state index contributed by atoms with van der Waals surface area (Å²) in [5, 5.41) is 22.1. The molecule has 6 rings (SSSR count). The van der Waals surface area contributed by atoms with Crippen LogP contribution in [0.4, 0.5) is 4.79 Å². The standard InChI is InChI=1S/C28H41NO6/c1-26-9-5-20(35-25(32)29-12-8-19(30)15-29)14-18(26)3-4-23-22(26)6-10-27(2)21(7-11-28(23,27)33)17-13-24(31)34-16-17/h13,18-23,30,33H,3-12,14-16H2,1-2H3/t18-,19+,20+,21-,22+,23-,26+,27-,28+/m1/s1. The quantitative estimate of drug-likeness (QED) is 0.575. The van der Waals surface area contributed by atoms with Crippen molar-refractivity contribution in [3.63, 3.8) is 0 Å². The van der Waals surface area contributed by atoms with Crippen LogP contribution in [0, 0.1) is 34.5 Å². The predicted octanol–water partition coefficient (Wildman–Crippen LogP) is 3.82. The highest BCUT2D eigenvalue weighted by molar-refractivity contribution is 5.85. The van der Waals surface area contributed by atoms with Crippen molar-refractivity contribution in [2.75, 3.05) is 19.7 Å². The number of amides is 1. The number of aliphatic hydroxyl groups excluding tert-OH is 1. The van der Waals surface area contributed by atoms with Crippen LogP contribution in [0.25, 0.3) is 0 Å². The molecule has 0 bridgehead atoms. The van der Waals surface area contributed by atoms with Gasteiger partial charge >= 0.3 is 12.1 Å². The SMILES string of the molecule is C[C@]12CC[C@H](OC(=O)N3CC[C@H](O)C3)C[C@H]1CC[C@@H]1[C@@H]2CC[C@]2(C)[C@@H](C3=CC(=O)OC3)CC[C@]12O. The fourth-order valence-corrected chi connectivity index (χ4v) is 9.60. The van der Waals surface area contributed by atoms with Crippen molar-refractivity contribution < 1.29 is 29.3 Å². The molecule has 0 radical (unpaired) electrons. The number of cyclic esters (lactones) is 1. The molecule has 2 heterocycles. The van der Waals surface area contributed by atoms with Crippen molar-refractivity contribution in [3.05, 3.63) is 11.6 Å². The van der Waals surface area contributed by atoms with Gasteiger partial charge < -0.3 is 24.6 Å². The van der Waals surface area contributed by atoms with E-state index in [4.69, 9.17) is 9.47 Å². The van der Waals surface area contributed by atoms with Crippen molar-refractivity contribution in [3.8, 4) is 0 Å². The maximum atomic E-state index is 12.6. The van der Waals surface area contributed by atoms with Gasteiger partial charge in [0, 0.05) is 24.6 Å². The molecular weight excluding hydrogens is 446 g/mol. The number of carbonyl (C=O) groups is 2. The minimum Gasteiger partial charge on any atom is -0.458 e. The van der Waals surface area contributed by atoms with Crippen LogP contribution in [-0.2, 0) is 14.3 Å². The summed E-state index contributed by atoms with van der Waals surface area (Å²) in [5.74, 6) is 1.27. The molecule has 2 aliphatic heterocycles. The molecule has 7 heteroatoms. The number of ether oxygens (including phenoxy) is 2. The highest BCUT2D eigenvalue weighted by Gasteiger charge is 2.67. The van der Waals surface area contributed by atoms with E-state index in [9.17, 15) is 19.8 Å². The number of esters is 1. The highest BCUT2D eigenvalue weighted by Crippen LogP contribution is 2.70. The Morgan fingerprint density at radius 2 is 1.91 bits per heavy atom. The van der Waals surface area contributed by atoms with Gasteiger partial charge in [-0.25, -0.2) is 9.59 Å². The van der Waals surface area contributed by atoms with Crippen LogP contribution in [0.5, 0.6) is 0 Å². The zero-order valence-corrected chi connectivity index (χ0v) is 21.2. The molecule has 0 unspecified atom stereocenters. The molecule has 0 spiro atoms. The first-order valence-corrected chi connectivity index (χ1v) is 13.9. The van der Waals surface area contributed by atoms with Crippen LogP contribution in [0.1, 0.15) is 78.1 Å². The molecule has 1 amide bonds. The van der Waals surface area contributed by atoms with E-state index in [1.54, 1.807) is 11.0 Å². The summed E-state index contributed by atoms with van der Waals surface area (Å²) in [7, 11) is 0. The molecule has 0 aromatic carbocycles. The van der Waals surface area contributed by atoms with E-state index in [2.05, 4.69) is 13.8 Å². The number of rotatable bonds is 2. The van der Waals surface area contributed by atoms with E-state index in [-0.39, 0.29) is 40.8 Å². The third-order valence-corrected chi connectivity index (χ3v) is 11.6. The van der Waals surface area contributed by atoms with Crippen LogP contribution >= 0.6 is 0 Å². The van der Waals surface area contributed by atoms with Gasteiger partial charge in [0.25, 0.3) is 0 Å². The summed E-state index contributed by atoms with van der Waals surface area (Å²) < 4.78 is 11.2. The number of hydrogen-bond acceptors (Lipinski definition) is 6. The Hall–Kier alpha value is -1.60. The maximum absolute atomic E-state index is 12.6. The average Bonchev–Trinajstić information content (AvgIpc) is 3.51. The lowest BCUT2D eigenvalue weighted by Gasteiger charge is -2.63. The largest absolute Gasteiger partial charge is 0.458 e. The highest BCUT2D eigenvalue weighted by atomic mass is 16.6. The molecular formula is C28H41NO6. The van der Waals surface area contributed by atoms with Gasteiger partial charge in [-0.1, -0.05) is 13.8 Å². The van der Waals surface area contributed by atoms with Gasteiger partial charge in [-0.2, -0.15) is 0 Å². The molecule has 5 fully saturated rings. The van der Waals surface area contributed by atoms with Gasteiger partial charge in [0.1, 0.15) is 12.7 Å². The third kappa shape index (κ3) is 3.51. The molecule has 4 saturated carbocycles. The molecule has 6 aliphatic rings. The van der Waals surface area contributed by atoms with Crippen molar-refractivity contribution in [2.45, 2.75) is 95.9 Å². The number of aliphatic hydroxyl groups is 2. The van der Waals surface area contributed by atoms with Crippen LogP contribution in [0.15, 0.2) is 11.6 Å². The lowest BCUT2D eigenvalue weighted by atomic mass is 9.43. The minimum atomic E-state index is -0.694. The molecule has 0 aromatic heterocycles. The first-order valence-electron chi connectivity index (χ1n) is 13.9. The van der Waals surface area contributed by atoms with Gasteiger partial charge in [0.15, 0.2) is 0 Å². The van der Waals surface area contributed by atoms with Crippen LogP contribution in [0.3, 0.4) is 0 Å². The fourth-order valence-electron chi connectivity index (χ4n) is 9.60. The van der Waals surface area contributed by atoms with Crippen molar-refractivity contribution in [1.82, 2.24) is 4.90 Å². The summed E-state index contributed by atoms with van der Waals surface area (Å²) in [6.45, 7) is 6.05. The summed E-state index contributed by atoms with van der Waals surface area (Å²) in [6.07, 6.45) is 10.3. The van der Waals surface area contributed by atoms with Crippen molar-refractivity contribution in [1.29, 1.82) is 0 Å². The lowest BCUT2D eigenvalue weighted by molar-refractivity contribution is -0.208. The topological polar surface area (TPSA) is 96.3 Å². The number of nitrogens with zero attached hydrogens (tertiary/aromatic N) is 1. The summed E-state index contributed by atoms with van der Waals surface area (Å²) >= 11 is 0. The van der Waals surface area contributed by atoms with Crippen LogP contribution in [-0.4, -0.2) is 64.7 Å². The van der Waals surface area contributed by atoms with E-state index in [0.717, 1.165) is 63.4 Å². The summed E-state index contributed by atoms with van der Waals surface area (Å²) in [4.78, 5) is 26.0. The zero-order valence-electron chi connectivity index (χ0n) is 21.2. The molecule has 4 aliphatic carbocycles. The maximum Gasteiger partial charge on any atom is 0.410 e. The second kappa shape index (κ2) is 8.20. The number of likely N-dealkylation sites (tertiary alicyclic amines) is 1. The van der Waals surface area contributed by atoms with Gasteiger partial charge in [-0.05, 0) is 98.9 Å². The molecule has 35 heavy (non-hydrogen) atoms. The molecule has 2 N–H and O–H groups in total. The Balaban J connectivity index is 1.16. The van der Waals surface area contributed by atoms with Gasteiger partial charge in [-0.15, -0.1) is 0 Å². The predicted molar refractivity (Wildman–Crippen MR) is 128 cm³/mol. The Morgan fingerprint density at radius 1 is 1.09 bits per heavy atom. The Bertz CT molecular complexity index is 934. The zero-order chi connectivity index (χ0) is 24.6. The van der Waals surface area contributed by atoms with Crippen molar-refractivity contribution >= 4 is 12.1 Å². The number of fused-ring (bicyclic) bond motifs is 5. The minimum absolute atomic E-state index is 0.0467. The summed E-state index contributed by atoms with van der Waals surface area (Å²) in [5.41, 5.74) is 0.349. The number of hydrogen-bond donors (Lipinski definition) is 2. The van der Waals surface area contributed by atoms with Gasteiger partial charge in [-0.3, -0.25) is 0 Å². The smallest absolute Gasteiger partial charge is 0.410 e. The van der Waals surface area contributed by atoms with E-state index < -0.39 is 11.7 Å². The molecule has 7 nitrogen and oxygen atoms in total. The fraction of sp³-hybridized carbons (Fsp3) is 0.857. The van der Waals surface area contributed by atoms with Gasteiger partial charge in [0.2, 0.25) is 0 Å².